The van der Waals surface area contributed by atoms with Gasteiger partial charge in [0.05, 0.1) is 6.54 Å². The Labute approximate surface area is 95.8 Å². The Morgan fingerprint density at radius 2 is 2.12 bits per heavy atom. The third kappa shape index (κ3) is 2.24. The van der Waals surface area contributed by atoms with Gasteiger partial charge in [-0.05, 0) is 31.1 Å². The van der Waals surface area contributed by atoms with Crippen LogP contribution in [0.4, 0.5) is 4.79 Å². The molecule has 0 saturated carbocycles. The first-order valence-corrected chi connectivity index (χ1v) is 5.50. The zero-order valence-corrected chi connectivity index (χ0v) is 9.60. The standard InChI is InChI=1S/C13H16N2O/c1-10(2)14-13(16)15-8-7-11-5-3-4-6-12(11)9-15/h3-8,10H,9H2,1-2H3,(H,14,16). The Hall–Kier alpha value is -1.77. The molecular weight excluding hydrogens is 200 g/mol. The lowest BCUT2D eigenvalue weighted by atomic mass is 10.0. The predicted octanol–water partition coefficient (Wildman–Crippen LogP) is 2.59. The molecule has 2 rings (SSSR count). The molecule has 0 unspecified atom stereocenters. The fourth-order valence-corrected chi connectivity index (χ4v) is 1.72. The molecule has 0 aliphatic carbocycles. The predicted molar refractivity (Wildman–Crippen MR) is 64.7 cm³/mol. The Morgan fingerprint density at radius 3 is 2.88 bits per heavy atom. The highest BCUT2D eigenvalue weighted by atomic mass is 16.2. The van der Waals surface area contributed by atoms with Crippen molar-refractivity contribution in [2.75, 3.05) is 0 Å². The monoisotopic (exact) mass is 216 g/mol. The van der Waals surface area contributed by atoms with E-state index in [1.807, 2.05) is 38.3 Å². The highest BCUT2D eigenvalue weighted by Crippen LogP contribution is 2.18. The molecule has 0 bridgehead atoms. The van der Waals surface area contributed by atoms with Gasteiger partial charge in [0.2, 0.25) is 0 Å². The summed E-state index contributed by atoms with van der Waals surface area (Å²) in [5.41, 5.74) is 2.38. The summed E-state index contributed by atoms with van der Waals surface area (Å²) < 4.78 is 0. The summed E-state index contributed by atoms with van der Waals surface area (Å²) in [4.78, 5) is 13.5. The van der Waals surface area contributed by atoms with E-state index in [2.05, 4.69) is 17.4 Å². The third-order valence-corrected chi connectivity index (χ3v) is 2.50. The van der Waals surface area contributed by atoms with Crippen molar-refractivity contribution >= 4 is 12.1 Å². The lowest BCUT2D eigenvalue weighted by molar-refractivity contribution is 0.211. The van der Waals surface area contributed by atoms with Gasteiger partial charge in [-0.3, -0.25) is 4.90 Å². The second kappa shape index (κ2) is 4.39. The number of nitrogens with zero attached hydrogens (tertiary/aromatic N) is 1. The third-order valence-electron chi connectivity index (χ3n) is 2.50. The number of benzene rings is 1. The molecule has 1 aliphatic rings. The average Bonchev–Trinajstić information content (AvgIpc) is 2.27. The number of rotatable bonds is 1. The Bertz CT molecular complexity index is 424. The van der Waals surface area contributed by atoms with E-state index in [-0.39, 0.29) is 12.1 Å². The molecule has 3 heteroatoms. The normalized spacial score (nSPS) is 13.8. The number of hydrogen-bond donors (Lipinski definition) is 1. The molecule has 1 aliphatic heterocycles. The molecule has 0 fully saturated rings. The molecule has 16 heavy (non-hydrogen) atoms. The number of carbonyl (C=O) groups is 1. The van der Waals surface area contributed by atoms with E-state index in [0.717, 1.165) is 0 Å². The minimum absolute atomic E-state index is 0.0410. The number of urea groups is 1. The van der Waals surface area contributed by atoms with Gasteiger partial charge >= 0.3 is 6.03 Å². The van der Waals surface area contributed by atoms with Crippen molar-refractivity contribution < 1.29 is 4.79 Å². The molecule has 2 amide bonds. The lowest BCUT2D eigenvalue weighted by Gasteiger charge is -2.24. The maximum atomic E-state index is 11.8. The maximum Gasteiger partial charge on any atom is 0.321 e. The molecule has 1 aromatic rings. The number of nitrogens with one attached hydrogen (secondary N) is 1. The first-order valence-electron chi connectivity index (χ1n) is 5.50. The first kappa shape index (κ1) is 10.7. The first-order chi connectivity index (χ1) is 7.66. The van der Waals surface area contributed by atoms with Crippen molar-refractivity contribution in [2.24, 2.45) is 0 Å². The summed E-state index contributed by atoms with van der Waals surface area (Å²) in [7, 11) is 0. The van der Waals surface area contributed by atoms with Crippen LogP contribution in [-0.4, -0.2) is 17.0 Å². The highest BCUT2D eigenvalue weighted by molar-refractivity contribution is 5.77. The van der Waals surface area contributed by atoms with E-state index >= 15 is 0 Å². The van der Waals surface area contributed by atoms with Crippen LogP contribution in [0, 0.1) is 0 Å². The van der Waals surface area contributed by atoms with E-state index in [0.29, 0.717) is 6.54 Å². The number of carbonyl (C=O) groups excluding carboxylic acids is 1. The summed E-state index contributed by atoms with van der Waals surface area (Å²) in [6.07, 6.45) is 3.80. The number of amides is 2. The van der Waals surface area contributed by atoms with E-state index in [9.17, 15) is 4.79 Å². The number of hydrogen-bond acceptors (Lipinski definition) is 1. The van der Waals surface area contributed by atoms with Crippen LogP contribution in [-0.2, 0) is 6.54 Å². The van der Waals surface area contributed by atoms with Crippen molar-refractivity contribution in [3.8, 4) is 0 Å². The van der Waals surface area contributed by atoms with Crippen molar-refractivity contribution in [2.45, 2.75) is 26.4 Å². The molecule has 3 nitrogen and oxygen atoms in total. The van der Waals surface area contributed by atoms with E-state index in [1.54, 1.807) is 4.90 Å². The SMILES string of the molecule is CC(C)NC(=O)N1C=Cc2ccccc2C1. The Balaban J connectivity index is 2.11. The van der Waals surface area contributed by atoms with E-state index in [1.165, 1.54) is 11.1 Å². The molecular formula is C13H16N2O. The van der Waals surface area contributed by atoms with Crippen LogP contribution in [0.3, 0.4) is 0 Å². The van der Waals surface area contributed by atoms with Gasteiger partial charge in [0.25, 0.3) is 0 Å². The van der Waals surface area contributed by atoms with Gasteiger partial charge in [-0.1, -0.05) is 24.3 Å². The van der Waals surface area contributed by atoms with Gasteiger partial charge in [0.15, 0.2) is 0 Å². The highest BCUT2D eigenvalue weighted by Gasteiger charge is 2.16. The molecule has 0 saturated heterocycles. The fourth-order valence-electron chi connectivity index (χ4n) is 1.72. The molecule has 84 valence electrons. The summed E-state index contributed by atoms with van der Waals surface area (Å²) in [6.45, 7) is 4.56. The van der Waals surface area contributed by atoms with Gasteiger partial charge in [-0.25, -0.2) is 4.79 Å². The van der Waals surface area contributed by atoms with Gasteiger partial charge in [-0.2, -0.15) is 0 Å². The van der Waals surface area contributed by atoms with Crippen LogP contribution in [0.1, 0.15) is 25.0 Å². The van der Waals surface area contributed by atoms with Crippen molar-refractivity contribution in [1.29, 1.82) is 0 Å². The zero-order valence-electron chi connectivity index (χ0n) is 9.60. The largest absolute Gasteiger partial charge is 0.336 e. The van der Waals surface area contributed by atoms with Crippen LogP contribution in [0.15, 0.2) is 30.5 Å². The fraction of sp³-hybridized carbons (Fsp3) is 0.308. The van der Waals surface area contributed by atoms with Crippen molar-refractivity contribution in [1.82, 2.24) is 10.2 Å². The zero-order chi connectivity index (χ0) is 11.5. The second-order valence-corrected chi connectivity index (χ2v) is 4.25. The molecule has 1 aromatic carbocycles. The molecule has 0 atom stereocenters. The van der Waals surface area contributed by atoms with Gasteiger partial charge in [0, 0.05) is 12.2 Å². The van der Waals surface area contributed by atoms with Crippen LogP contribution >= 0.6 is 0 Å². The van der Waals surface area contributed by atoms with Crippen LogP contribution < -0.4 is 5.32 Å². The molecule has 1 heterocycles. The average molecular weight is 216 g/mol. The Morgan fingerprint density at radius 1 is 1.38 bits per heavy atom. The molecule has 0 radical (unpaired) electrons. The summed E-state index contributed by atoms with van der Waals surface area (Å²) in [6, 6.07) is 8.24. The smallest absolute Gasteiger partial charge is 0.321 e. The van der Waals surface area contributed by atoms with Crippen LogP contribution in [0.5, 0.6) is 0 Å². The van der Waals surface area contributed by atoms with Gasteiger partial charge in [-0.15, -0.1) is 0 Å². The second-order valence-electron chi connectivity index (χ2n) is 4.25. The number of fused-ring (bicyclic) bond motifs is 1. The van der Waals surface area contributed by atoms with Crippen LogP contribution in [0.25, 0.3) is 6.08 Å². The summed E-state index contributed by atoms with van der Waals surface area (Å²) in [5, 5.41) is 2.88. The van der Waals surface area contributed by atoms with E-state index in [4.69, 9.17) is 0 Å². The van der Waals surface area contributed by atoms with Gasteiger partial charge < -0.3 is 5.32 Å². The van der Waals surface area contributed by atoms with E-state index < -0.39 is 0 Å². The van der Waals surface area contributed by atoms with Crippen molar-refractivity contribution in [3.05, 3.63) is 41.6 Å². The topological polar surface area (TPSA) is 32.3 Å². The quantitative estimate of drug-likeness (QED) is 0.769. The molecule has 0 aromatic heterocycles. The van der Waals surface area contributed by atoms with Crippen molar-refractivity contribution in [3.63, 3.8) is 0 Å². The summed E-state index contributed by atoms with van der Waals surface area (Å²) >= 11 is 0. The maximum absolute atomic E-state index is 11.8. The Kier molecular flexibility index (Phi) is 2.95. The van der Waals surface area contributed by atoms with Crippen LogP contribution in [0.2, 0.25) is 0 Å². The minimum atomic E-state index is -0.0410. The van der Waals surface area contributed by atoms with Gasteiger partial charge in [0.1, 0.15) is 0 Å². The summed E-state index contributed by atoms with van der Waals surface area (Å²) in [5.74, 6) is 0. The minimum Gasteiger partial charge on any atom is -0.336 e. The molecule has 0 spiro atoms. The molecule has 1 N–H and O–H groups in total. The lowest BCUT2D eigenvalue weighted by Crippen LogP contribution is -2.40.